The smallest absolute Gasteiger partial charge is 0.258 e. The van der Waals surface area contributed by atoms with Crippen molar-refractivity contribution in [2.24, 2.45) is 11.3 Å². The van der Waals surface area contributed by atoms with Gasteiger partial charge >= 0.3 is 0 Å². The van der Waals surface area contributed by atoms with Crippen molar-refractivity contribution in [1.82, 2.24) is 0 Å². The van der Waals surface area contributed by atoms with Crippen LogP contribution in [0, 0.1) is 11.3 Å². The molecule has 0 N–H and O–H groups in total. The van der Waals surface area contributed by atoms with Crippen LogP contribution in [0.1, 0.15) is 106 Å². The lowest BCUT2D eigenvalue weighted by atomic mass is 9.57. The van der Waals surface area contributed by atoms with E-state index in [9.17, 15) is 4.79 Å². The zero-order valence-electron chi connectivity index (χ0n) is 18.7. The van der Waals surface area contributed by atoms with Crippen molar-refractivity contribution >= 4 is 14.1 Å². The molecule has 2 fully saturated rings. The lowest BCUT2D eigenvalue weighted by molar-refractivity contribution is -0.131. The molecule has 0 aliphatic heterocycles. The molecule has 0 aromatic carbocycles. The summed E-state index contributed by atoms with van der Waals surface area (Å²) in [5.74, 6) is 2.18. The van der Waals surface area contributed by atoms with E-state index in [0.29, 0.717) is 28.3 Å². The Morgan fingerprint density at radius 2 is 1.30 bits per heavy atom. The highest BCUT2D eigenvalue weighted by molar-refractivity contribution is 6.78. The van der Waals surface area contributed by atoms with E-state index in [2.05, 4.69) is 41.5 Å². The Morgan fingerprint density at radius 1 is 0.815 bits per heavy atom. The van der Waals surface area contributed by atoms with E-state index in [1.54, 1.807) is 0 Å². The SMILES string of the molecule is CC(C)[Si](OC1=C(C2CCCCC2)C(=O)C12CCCCC2)(C(C)C)C(C)C. The van der Waals surface area contributed by atoms with Gasteiger partial charge in [0.05, 0.1) is 5.41 Å². The minimum Gasteiger partial charge on any atom is -0.545 e. The third-order valence-corrected chi connectivity index (χ3v) is 14.0. The van der Waals surface area contributed by atoms with Crippen LogP contribution in [0.25, 0.3) is 0 Å². The summed E-state index contributed by atoms with van der Waals surface area (Å²) in [6.07, 6.45) is 12.0. The number of hydrogen-bond donors (Lipinski definition) is 0. The zero-order valence-corrected chi connectivity index (χ0v) is 19.7. The second-order valence-corrected chi connectivity index (χ2v) is 15.8. The molecule has 0 aromatic heterocycles. The van der Waals surface area contributed by atoms with Crippen LogP contribution >= 0.6 is 0 Å². The summed E-state index contributed by atoms with van der Waals surface area (Å²) in [6.45, 7) is 14.2. The molecule has 27 heavy (non-hydrogen) atoms. The molecular weight excluding hydrogens is 348 g/mol. The lowest BCUT2D eigenvalue weighted by Crippen LogP contribution is -2.55. The first-order valence-electron chi connectivity index (χ1n) is 11.8. The maximum Gasteiger partial charge on any atom is 0.258 e. The molecule has 0 radical (unpaired) electrons. The fourth-order valence-electron chi connectivity index (χ4n) is 6.71. The minimum atomic E-state index is -2.02. The van der Waals surface area contributed by atoms with Crippen LogP contribution in [0.4, 0.5) is 0 Å². The first kappa shape index (κ1) is 21.1. The predicted octanol–water partition coefficient (Wildman–Crippen LogP) is 7.55. The molecule has 1 spiro atoms. The molecule has 2 nitrogen and oxygen atoms in total. The van der Waals surface area contributed by atoms with Gasteiger partial charge in [0.2, 0.25) is 0 Å². The molecule has 0 bridgehead atoms. The van der Waals surface area contributed by atoms with Gasteiger partial charge in [0.25, 0.3) is 8.32 Å². The molecule has 3 aliphatic rings. The van der Waals surface area contributed by atoms with Crippen LogP contribution in [-0.2, 0) is 9.22 Å². The number of carbonyl (C=O) groups is 1. The third kappa shape index (κ3) is 3.36. The van der Waals surface area contributed by atoms with Crippen molar-refractivity contribution in [1.29, 1.82) is 0 Å². The summed E-state index contributed by atoms with van der Waals surface area (Å²) in [6, 6.07) is 0. The number of Topliss-reactive ketones (excluding diaryl/α,β-unsaturated/α-hetero) is 1. The standard InChI is InChI=1S/C24H42O2Si/c1-17(2)27(18(3)4,19(5)6)26-23-21(20-13-9-7-10-14-20)22(25)24(23)15-11-8-12-16-24/h17-20H,7-16H2,1-6H3. The van der Waals surface area contributed by atoms with Crippen LogP contribution < -0.4 is 0 Å². The molecule has 0 aromatic rings. The Hall–Kier alpha value is -0.573. The average molecular weight is 391 g/mol. The second-order valence-electron chi connectivity index (χ2n) is 10.5. The van der Waals surface area contributed by atoms with Crippen LogP contribution in [0.5, 0.6) is 0 Å². The summed E-state index contributed by atoms with van der Waals surface area (Å²) in [5, 5.41) is 0. The maximum absolute atomic E-state index is 13.5. The van der Waals surface area contributed by atoms with E-state index in [-0.39, 0.29) is 5.41 Å². The molecule has 0 atom stereocenters. The van der Waals surface area contributed by atoms with Gasteiger partial charge in [-0.2, -0.15) is 0 Å². The van der Waals surface area contributed by atoms with Gasteiger partial charge in [-0.3, -0.25) is 4.79 Å². The van der Waals surface area contributed by atoms with E-state index in [0.717, 1.165) is 18.4 Å². The summed E-state index contributed by atoms with van der Waals surface area (Å²) < 4.78 is 7.29. The molecule has 0 heterocycles. The van der Waals surface area contributed by atoms with Crippen LogP contribution in [0.15, 0.2) is 11.3 Å². The second kappa shape index (κ2) is 8.04. The predicted molar refractivity (Wildman–Crippen MR) is 116 cm³/mol. The van der Waals surface area contributed by atoms with Crippen molar-refractivity contribution in [2.75, 3.05) is 0 Å². The lowest BCUT2D eigenvalue weighted by Gasteiger charge is -2.53. The fourth-order valence-corrected chi connectivity index (χ4v) is 12.1. The Kier molecular flexibility index (Phi) is 6.30. The molecule has 0 amide bonds. The number of hydrogen-bond acceptors (Lipinski definition) is 2. The molecule has 0 unspecified atom stereocenters. The minimum absolute atomic E-state index is 0.234. The maximum atomic E-state index is 13.5. The van der Waals surface area contributed by atoms with Crippen molar-refractivity contribution in [3.05, 3.63) is 11.3 Å². The van der Waals surface area contributed by atoms with Gasteiger partial charge in [0.1, 0.15) is 5.76 Å². The van der Waals surface area contributed by atoms with Crippen LogP contribution in [0.3, 0.4) is 0 Å². The van der Waals surface area contributed by atoms with E-state index >= 15 is 0 Å². The quantitative estimate of drug-likeness (QED) is 0.438. The molecule has 3 aliphatic carbocycles. The Bertz CT molecular complexity index is 553. The Labute approximate surface area is 168 Å². The molecule has 3 heteroatoms. The van der Waals surface area contributed by atoms with Gasteiger partial charge in [-0.05, 0) is 48.2 Å². The van der Waals surface area contributed by atoms with Crippen LogP contribution in [-0.4, -0.2) is 14.1 Å². The Morgan fingerprint density at radius 3 is 1.78 bits per heavy atom. The zero-order chi connectivity index (χ0) is 19.8. The summed E-state index contributed by atoms with van der Waals surface area (Å²) in [5.41, 5.74) is 2.61. The largest absolute Gasteiger partial charge is 0.545 e. The van der Waals surface area contributed by atoms with E-state index < -0.39 is 8.32 Å². The van der Waals surface area contributed by atoms with Gasteiger partial charge in [-0.1, -0.05) is 80.1 Å². The van der Waals surface area contributed by atoms with Gasteiger partial charge in [-0.15, -0.1) is 0 Å². The number of ketones is 1. The summed E-state index contributed by atoms with van der Waals surface area (Å²) in [7, 11) is -2.02. The van der Waals surface area contributed by atoms with Gasteiger partial charge in [-0.25, -0.2) is 0 Å². The first-order chi connectivity index (χ1) is 12.8. The van der Waals surface area contributed by atoms with E-state index in [1.807, 2.05) is 0 Å². The number of allylic oxidation sites excluding steroid dienone is 2. The van der Waals surface area contributed by atoms with Gasteiger partial charge in [0, 0.05) is 5.57 Å². The fraction of sp³-hybridized carbons (Fsp3) is 0.875. The van der Waals surface area contributed by atoms with Crippen molar-refractivity contribution in [3.63, 3.8) is 0 Å². The molecule has 2 saturated carbocycles. The molecular formula is C24H42O2Si. The third-order valence-electron chi connectivity index (χ3n) is 8.07. The topological polar surface area (TPSA) is 26.3 Å². The highest BCUT2D eigenvalue weighted by Crippen LogP contribution is 2.59. The summed E-state index contributed by atoms with van der Waals surface area (Å²) in [4.78, 5) is 13.5. The highest BCUT2D eigenvalue weighted by atomic mass is 28.4. The molecule has 154 valence electrons. The van der Waals surface area contributed by atoms with E-state index in [1.165, 1.54) is 57.1 Å². The highest BCUT2D eigenvalue weighted by Gasteiger charge is 2.60. The average Bonchev–Trinajstić information content (AvgIpc) is 2.65. The normalized spacial score (nSPS) is 24.3. The van der Waals surface area contributed by atoms with Gasteiger partial charge in [0.15, 0.2) is 5.78 Å². The van der Waals surface area contributed by atoms with Crippen LogP contribution in [0.2, 0.25) is 16.6 Å². The Balaban J connectivity index is 2.04. The number of rotatable bonds is 6. The van der Waals surface area contributed by atoms with Gasteiger partial charge < -0.3 is 4.43 Å². The number of carbonyl (C=O) groups excluding carboxylic acids is 1. The van der Waals surface area contributed by atoms with Crippen molar-refractivity contribution in [3.8, 4) is 0 Å². The van der Waals surface area contributed by atoms with Crippen molar-refractivity contribution < 1.29 is 9.22 Å². The molecule has 3 rings (SSSR count). The van der Waals surface area contributed by atoms with Crippen molar-refractivity contribution in [2.45, 2.75) is 122 Å². The van der Waals surface area contributed by atoms with E-state index in [4.69, 9.17) is 4.43 Å². The monoisotopic (exact) mass is 390 g/mol. The summed E-state index contributed by atoms with van der Waals surface area (Å²) >= 11 is 0. The molecule has 0 saturated heterocycles. The first-order valence-corrected chi connectivity index (χ1v) is 13.9.